The summed E-state index contributed by atoms with van der Waals surface area (Å²) in [6.07, 6.45) is -2.33. The Morgan fingerprint density at radius 1 is 0.586 bits per heavy atom. The normalized spacial score (nSPS) is 16.7. The Kier molecular flexibility index (Phi) is 13.6. The lowest BCUT2D eigenvalue weighted by atomic mass is 10.1. The van der Waals surface area contributed by atoms with E-state index in [9.17, 15) is 28.8 Å². The minimum atomic E-state index is -4.19. The number of hydrogen-bond acceptors (Lipinski definition) is 12. The van der Waals surface area contributed by atoms with Gasteiger partial charge in [0, 0.05) is 18.1 Å². The highest BCUT2D eigenvalue weighted by Gasteiger charge is 2.45. The molecular weight excluding hydrogens is 438 g/mol. The van der Waals surface area contributed by atoms with Crippen molar-refractivity contribution in [2.45, 2.75) is 69.6 Å². The van der Waals surface area contributed by atoms with Crippen LogP contribution in [0, 0.1) is 0 Å². The molecule has 0 radical (unpaired) electrons. The summed E-state index contributed by atoms with van der Waals surface area (Å²) in [6, 6.07) is -0.167. The van der Waals surface area contributed by atoms with Gasteiger partial charge in [0.15, 0.2) is 0 Å². The molecule has 0 amide bonds. The van der Waals surface area contributed by atoms with Crippen LogP contribution in [0.1, 0.15) is 33.1 Å². The summed E-state index contributed by atoms with van der Waals surface area (Å²) in [7, 11) is -12.4. The van der Waals surface area contributed by atoms with Crippen LogP contribution in [0.15, 0.2) is 0 Å². The minimum absolute atomic E-state index is 0.0427. The average molecular weight is 478 g/mol. The van der Waals surface area contributed by atoms with E-state index in [1.165, 1.54) is 13.8 Å². The molecule has 0 heterocycles. The lowest BCUT2D eigenvalue weighted by Gasteiger charge is -2.37. The Morgan fingerprint density at radius 2 is 0.862 bits per heavy atom. The maximum Gasteiger partial charge on any atom is 0.495 e. The molecule has 15 heteroatoms. The highest BCUT2D eigenvalue weighted by atomic mass is 28.4. The van der Waals surface area contributed by atoms with Crippen LogP contribution in [-0.2, 0) is 13.3 Å². The molecule has 0 aromatic rings. The molecule has 0 aliphatic heterocycles. The third-order valence-corrected chi connectivity index (χ3v) is 9.28. The van der Waals surface area contributed by atoms with Crippen molar-refractivity contribution in [2.75, 3.05) is 19.6 Å². The molecule has 0 saturated heterocycles. The Labute approximate surface area is 175 Å². The van der Waals surface area contributed by atoms with Crippen LogP contribution in [0.25, 0.3) is 0 Å². The molecule has 0 aliphatic carbocycles. The summed E-state index contributed by atoms with van der Waals surface area (Å²) in [5.74, 6) is 0. The highest BCUT2D eigenvalue weighted by Crippen LogP contribution is 2.23. The van der Waals surface area contributed by atoms with Gasteiger partial charge in [0.1, 0.15) is 0 Å². The van der Waals surface area contributed by atoms with Gasteiger partial charge in [-0.05, 0) is 52.7 Å². The van der Waals surface area contributed by atoms with E-state index in [1.807, 2.05) is 0 Å². The molecule has 176 valence electrons. The number of hydrogen-bond donors (Lipinski definition) is 9. The van der Waals surface area contributed by atoms with Crippen molar-refractivity contribution < 1.29 is 42.1 Å². The first kappa shape index (κ1) is 29.2. The third-order valence-electron chi connectivity index (χ3n) is 4.12. The van der Waals surface area contributed by atoms with Gasteiger partial charge in [-0.15, -0.1) is 0 Å². The lowest BCUT2D eigenvalue weighted by Crippen LogP contribution is -2.56. The van der Waals surface area contributed by atoms with Crippen LogP contribution >= 0.6 is 0 Å². The molecule has 0 saturated carbocycles. The van der Waals surface area contributed by atoms with Gasteiger partial charge < -0.3 is 59.3 Å². The van der Waals surface area contributed by atoms with E-state index < -0.39 is 44.7 Å². The molecule has 29 heavy (non-hydrogen) atoms. The van der Waals surface area contributed by atoms with Crippen LogP contribution in [0.5, 0.6) is 0 Å². The van der Waals surface area contributed by atoms with Crippen LogP contribution in [0.3, 0.4) is 0 Å². The van der Waals surface area contributed by atoms with Gasteiger partial charge in [-0.3, -0.25) is 0 Å². The zero-order chi connectivity index (χ0) is 22.7. The first-order valence-corrected chi connectivity index (χ1v) is 15.8. The molecule has 0 aliphatic rings. The van der Waals surface area contributed by atoms with Crippen molar-refractivity contribution in [1.29, 1.82) is 0 Å². The maximum atomic E-state index is 10.2. The summed E-state index contributed by atoms with van der Waals surface area (Å²) < 4.78 is 16.2. The summed E-state index contributed by atoms with van der Waals surface area (Å²) in [6.45, 7) is 3.63. The fraction of sp³-hybridized carbons (Fsp3) is 1.00. The van der Waals surface area contributed by atoms with Gasteiger partial charge in [0.05, 0.1) is 18.3 Å². The summed E-state index contributed by atoms with van der Waals surface area (Å²) in [5.41, 5.74) is 16.2. The van der Waals surface area contributed by atoms with E-state index in [1.54, 1.807) is 0 Å². The molecule has 3 atom stereocenters. The zero-order valence-corrected chi connectivity index (χ0v) is 20.2. The van der Waals surface area contributed by atoms with E-state index in [-0.39, 0.29) is 37.8 Å². The molecule has 12 N–H and O–H groups in total. The zero-order valence-electron chi connectivity index (χ0n) is 17.2. The Hall–Kier alpha value is 0.171. The fourth-order valence-corrected chi connectivity index (χ4v) is 7.32. The minimum Gasteiger partial charge on any atom is -0.390 e. The van der Waals surface area contributed by atoms with Crippen LogP contribution < -0.4 is 17.2 Å². The lowest BCUT2D eigenvalue weighted by molar-refractivity contribution is -0.0737. The van der Waals surface area contributed by atoms with Gasteiger partial charge >= 0.3 is 26.4 Å². The first-order chi connectivity index (χ1) is 13.3. The fourth-order valence-electron chi connectivity index (χ4n) is 2.69. The van der Waals surface area contributed by atoms with Crippen LogP contribution in [-0.4, -0.2) is 93.1 Å². The molecule has 0 bridgehead atoms. The van der Waals surface area contributed by atoms with Crippen molar-refractivity contribution in [3.8, 4) is 0 Å². The van der Waals surface area contributed by atoms with Crippen molar-refractivity contribution >= 4 is 26.4 Å². The standard InChI is InChI=1S/C14H39N3O9Si3/c1-12(24-27(18,19)9-3-6-15)14(26-29(22,23)11-5-8-17)13(2)25-28(20,21)10-4-7-16/h12-14,18-23H,3-11,15-17H2,1-2H3/t12-,13+,14-. The molecular formula is C14H39N3O9Si3. The van der Waals surface area contributed by atoms with Crippen LogP contribution in [0.2, 0.25) is 18.1 Å². The van der Waals surface area contributed by atoms with Crippen molar-refractivity contribution in [3.63, 3.8) is 0 Å². The Morgan fingerprint density at radius 3 is 1.14 bits per heavy atom. The summed E-state index contributed by atoms with van der Waals surface area (Å²) in [5, 5.41) is 0. The van der Waals surface area contributed by atoms with E-state index in [0.717, 1.165) is 0 Å². The molecule has 12 nitrogen and oxygen atoms in total. The van der Waals surface area contributed by atoms with Crippen molar-refractivity contribution in [1.82, 2.24) is 0 Å². The first-order valence-electron chi connectivity index (χ1n) is 9.77. The number of nitrogens with two attached hydrogens (primary N) is 3. The predicted molar refractivity (Wildman–Crippen MR) is 112 cm³/mol. The summed E-state index contributed by atoms with van der Waals surface area (Å²) >= 11 is 0. The molecule has 0 aromatic carbocycles. The van der Waals surface area contributed by atoms with Gasteiger partial charge in [-0.2, -0.15) is 0 Å². The smallest absolute Gasteiger partial charge is 0.390 e. The van der Waals surface area contributed by atoms with E-state index >= 15 is 0 Å². The van der Waals surface area contributed by atoms with E-state index in [4.69, 9.17) is 30.5 Å². The quantitative estimate of drug-likeness (QED) is 0.0954. The second-order valence-electron chi connectivity index (χ2n) is 7.13. The topological polar surface area (TPSA) is 227 Å². The second-order valence-corrected chi connectivity index (χ2v) is 13.8. The molecule has 0 aromatic heterocycles. The second kappa shape index (κ2) is 13.6. The number of rotatable bonds is 17. The van der Waals surface area contributed by atoms with Crippen LogP contribution in [0.4, 0.5) is 0 Å². The van der Waals surface area contributed by atoms with E-state index in [0.29, 0.717) is 19.3 Å². The maximum absolute atomic E-state index is 10.2. The molecule has 0 fully saturated rings. The molecule has 0 rings (SSSR count). The monoisotopic (exact) mass is 477 g/mol. The van der Waals surface area contributed by atoms with Crippen molar-refractivity contribution in [3.05, 3.63) is 0 Å². The molecule has 0 unspecified atom stereocenters. The Bertz CT molecular complexity index is 422. The van der Waals surface area contributed by atoms with Crippen molar-refractivity contribution in [2.24, 2.45) is 17.2 Å². The van der Waals surface area contributed by atoms with E-state index in [2.05, 4.69) is 0 Å². The average Bonchev–Trinajstić information content (AvgIpc) is 2.60. The Balaban J connectivity index is 5.36. The third kappa shape index (κ3) is 13.2. The largest absolute Gasteiger partial charge is 0.495 e. The van der Waals surface area contributed by atoms with Gasteiger partial charge in [0.25, 0.3) is 0 Å². The SMILES string of the molecule is C[C@H](O[Si](O)(O)CCCN)[C@H](O[Si](O)(O)CCCN)[C@@H](C)O[Si](O)(O)CCCN. The van der Waals surface area contributed by atoms with Gasteiger partial charge in [-0.1, -0.05) is 0 Å². The summed E-state index contributed by atoms with van der Waals surface area (Å²) in [4.78, 5) is 61.0. The van der Waals surface area contributed by atoms with Gasteiger partial charge in [-0.25, -0.2) is 0 Å². The predicted octanol–water partition coefficient (Wildman–Crippen LogP) is -3.00. The highest BCUT2D eigenvalue weighted by molar-refractivity contribution is 6.58. The van der Waals surface area contributed by atoms with Gasteiger partial charge in [0.2, 0.25) is 0 Å². The molecule has 0 spiro atoms.